The average Bonchev–Trinajstić information content (AvgIpc) is 2.75. The summed E-state index contributed by atoms with van der Waals surface area (Å²) in [7, 11) is 1.22. The molecule has 0 spiro atoms. The van der Waals surface area contributed by atoms with Gasteiger partial charge in [-0.1, -0.05) is 0 Å². The lowest BCUT2D eigenvalue weighted by molar-refractivity contribution is -0.133. The number of hydrogen-bond acceptors (Lipinski definition) is 4. The highest BCUT2D eigenvalue weighted by molar-refractivity contribution is 5.86. The number of halogens is 3. The number of methoxy groups -OCH3 is 1. The summed E-state index contributed by atoms with van der Waals surface area (Å²) in [6.07, 6.45) is -5.10. The fourth-order valence-electron chi connectivity index (χ4n) is 1.33. The van der Waals surface area contributed by atoms with E-state index in [9.17, 15) is 18.0 Å². The zero-order valence-corrected chi connectivity index (χ0v) is 10.0. The molecule has 4 nitrogen and oxygen atoms in total. The standard InChI is InChI=1S/C11H14F3NO3/c1-7(15-6-5-11(12,13)14)8-3-4-9(18-8)10(16)17-2/h3-4,7,15H,5-6H2,1-2H3. The minimum absolute atomic E-state index is 0.0250. The summed E-state index contributed by atoms with van der Waals surface area (Å²) in [5, 5.41) is 2.66. The van der Waals surface area contributed by atoms with Crippen molar-refractivity contribution in [2.45, 2.75) is 25.6 Å². The minimum Gasteiger partial charge on any atom is -0.463 e. The van der Waals surface area contributed by atoms with Crippen LogP contribution in [-0.4, -0.2) is 25.8 Å². The first kappa shape index (κ1) is 14.6. The summed E-state index contributed by atoms with van der Waals surface area (Å²) in [4.78, 5) is 11.1. The van der Waals surface area contributed by atoms with Crippen LogP contribution in [-0.2, 0) is 4.74 Å². The third kappa shape index (κ3) is 4.40. The first-order chi connectivity index (χ1) is 8.33. The fourth-order valence-corrected chi connectivity index (χ4v) is 1.33. The first-order valence-corrected chi connectivity index (χ1v) is 5.31. The Labute approximate surface area is 102 Å². The van der Waals surface area contributed by atoms with Crippen LogP contribution >= 0.6 is 0 Å². The van der Waals surface area contributed by atoms with Crippen molar-refractivity contribution in [3.8, 4) is 0 Å². The van der Waals surface area contributed by atoms with E-state index in [1.807, 2.05) is 0 Å². The van der Waals surface area contributed by atoms with Gasteiger partial charge in [0.15, 0.2) is 0 Å². The number of nitrogens with one attached hydrogen (secondary N) is 1. The smallest absolute Gasteiger partial charge is 0.390 e. The summed E-state index contributed by atoms with van der Waals surface area (Å²) in [5.41, 5.74) is 0. The number of furan rings is 1. The van der Waals surface area contributed by atoms with Crippen molar-refractivity contribution in [1.29, 1.82) is 0 Å². The molecule has 0 aliphatic heterocycles. The van der Waals surface area contributed by atoms with E-state index in [0.29, 0.717) is 5.76 Å². The number of esters is 1. The summed E-state index contributed by atoms with van der Waals surface area (Å²) < 4.78 is 45.4. The fraction of sp³-hybridized carbons (Fsp3) is 0.545. The largest absolute Gasteiger partial charge is 0.463 e. The molecule has 1 aromatic rings. The van der Waals surface area contributed by atoms with Crippen molar-refractivity contribution in [2.24, 2.45) is 0 Å². The van der Waals surface area contributed by atoms with Crippen LogP contribution in [0.3, 0.4) is 0 Å². The molecule has 0 amide bonds. The monoisotopic (exact) mass is 265 g/mol. The van der Waals surface area contributed by atoms with Crippen molar-refractivity contribution in [3.05, 3.63) is 23.7 Å². The molecule has 0 aliphatic carbocycles. The molecule has 102 valence electrons. The van der Waals surface area contributed by atoms with Crippen LogP contribution in [0.25, 0.3) is 0 Å². The highest BCUT2D eigenvalue weighted by Crippen LogP contribution is 2.20. The van der Waals surface area contributed by atoms with Crippen molar-refractivity contribution < 1.29 is 27.1 Å². The van der Waals surface area contributed by atoms with E-state index in [0.717, 1.165) is 0 Å². The zero-order valence-electron chi connectivity index (χ0n) is 10.0. The summed E-state index contributed by atoms with van der Waals surface area (Å²) >= 11 is 0. The topological polar surface area (TPSA) is 51.5 Å². The molecule has 0 fully saturated rings. The third-order valence-electron chi connectivity index (χ3n) is 2.30. The van der Waals surface area contributed by atoms with Crippen LogP contribution in [0.15, 0.2) is 16.5 Å². The molecule has 18 heavy (non-hydrogen) atoms. The molecule has 0 saturated heterocycles. The third-order valence-corrected chi connectivity index (χ3v) is 2.30. The molecule has 1 heterocycles. The van der Waals surface area contributed by atoms with Crippen LogP contribution in [0.4, 0.5) is 13.2 Å². The Kier molecular flexibility index (Phi) is 4.77. The van der Waals surface area contributed by atoms with E-state index in [4.69, 9.17) is 4.42 Å². The lowest BCUT2D eigenvalue weighted by Crippen LogP contribution is -2.24. The van der Waals surface area contributed by atoms with E-state index in [1.54, 1.807) is 6.92 Å². The van der Waals surface area contributed by atoms with Gasteiger partial charge in [0, 0.05) is 6.54 Å². The Hall–Kier alpha value is -1.50. The molecule has 0 aliphatic rings. The van der Waals surface area contributed by atoms with Crippen LogP contribution in [0.5, 0.6) is 0 Å². The van der Waals surface area contributed by atoms with Gasteiger partial charge in [-0.2, -0.15) is 13.2 Å². The van der Waals surface area contributed by atoms with Crippen LogP contribution in [0, 0.1) is 0 Å². The SMILES string of the molecule is COC(=O)c1ccc(C(C)NCCC(F)(F)F)o1. The van der Waals surface area contributed by atoms with E-state index in [-0.39, 0.29) is 12.3 Å². The maximum Gasteiger partial charge on any atom is 0.390 e. The molecule has 0 bridgehead atoms. The van der Waals surface area contributed by atoms with E-state index in [1.165, 1.54) is 19.2 Å². The number of hydrogen-bond donors (Lipinski definition) is 1. The van der Waals surface area contributed by atoms with Gasteiger partial charge in [0.25, 0.3) is 0 Å². The predicted molar refractivity (Wildman–Crippen MR) is 57.1 cm³/mol. The molecular formula is C11H14F3NO3. The maximum atomic E-state index is 11.9. The summed E-state index contributed by atoms with van der Waals surface area (Å²) in [5.74, 6) is -0.210. The number of carbonyl (C=O) groups is 1. The van der Waals surface area contributed by atoms with Gasteiger partial charge in [-0.3, -0.25) is 0 Å². The zero-order chi connectivity index (χ0) is 13.8. The molecule has 7 heteroatoms. The number of ether oxygens (including phenoxy) is 1. The van der Waals surface area contributed by atoms with E-state index >= 15 is 0 Å². The molecule has 1 unspecified atom stereocenters. The van der Waals surface area contributed by atoms with E-state index < -0.39 is 24.6 Å². The Morgan fingerprint density at radius 2 is 2.17 bits per heavy atom. The van der Waals surface area contributed by atoms with Gasteiger partial charge < -0.3 is 14.5 Å². The quantitative estimate of drug-likeness (QED) is 0.831. The second-order valence-electron chi connectivity index (χ2n) is 3.73. The lowest BCUT2D eigenvalue weighted by atomic mass is 10.2. The molecule has 0 saturated carbocycles. The lowest BCUT2D eigenvalue weighted by Gasteiger charge is -2.12. The molecule has 1 N–H and O–H groups in total. The van der Waals surface area contributed by atoms with Gasteiger partial charge in [-0.05, 0) is 19.1 Å². The summed E-state index contributed by atoms with van der Waals surface area (Å²) in [6, 6.07) is 2.53. The second-order valence-corrected chi connectivity index (χ2v) is 3.73. The molecule has 0 radical (unpaired) electrons. The number of rotatable bonds is 5. The van der Waals surface area contributed by atoms with Gasteiger partial charge in [-0.15, -0.1) is 0 Å². The van der Waals surface area contributed by atoms with Gasteiger partial charge >= 0.3 is 12.1 Å². The van der Waals surface area contributed by atoms with Crippen molar-refractivity contribution in [2.75, 3.05) is 13.7 Å². The highest BCUT2D eigenvalue weighted by Gasteiger charge is 2.26. The first-order valence-electron chi connectivity index (χ1n) is 5.31. The molecular weight excluding hydrogens is 251 g/mol. The molecule has 1 rings (SSSR count). The van der Waals surface area contributed by atoms with Crippen molar-refractivity contribution >= 4 is 5.97 Å². The Morgan fingerprint density at radius 1 is 1.50 bits per heavy atom. The minimum atomic E-state index is -4.19. The second kappa shape index (κ2) is 5.90. The molecule has 0 aromatic carbocycles. The van der Waals surface area contributed by atoms with Crippen LogP contribution in [0.1, 0.15) is 35.7 Å². The summed E-state index contributed by atoms with van der Waals surface area (Å²) in [6.45, 7) is 1.44. The van der Waals surface area contributed by atoms with Gasteiger partial charge in [0.05, 0.1) is 19.6 Å². The molecule has 1 atom stereocenters. The predicted octanol–water partition coefficient (Wildman–Crippen LogP) is 2.67. The number of carbonyl (C=O) groups excluding carboxylic acids is 1. The van der Waals surface area contributed by atoms with Gasteiger partial charge in [0.1, 0.15) is 5.76 Å². The van der Waals surface area contributed by atoms with Crippen LogP contribution < -0.4 is 5.32 Å². The van der Waals surface area contributed by atoms with Gasteiger partial charge in [-0.25, -0.2) is 4.79 Å². The van der Waals surface area contributed by atoms with Gasteiger partial charge in [0.2, 0.25) is 5.76 Å². The Bertz CT molecular complexity index is 400. The van der Waals surface area contributed by atoms with Crippen LogP contribution in [0.2, 0.25) is 0 Å². The molecule has 1 aromatic heterocycles. The van der Waals surface area contributed by atoms with Crippen molar-refractivity contribution in [1.82, 2.24) is 5.32 Å². The van der Waals surface area contributed by atoms with E-state index in [2.05, 4.69) is 10.1 Å². The average molecular weight is 265 g/mol. The Balaban J connectivity index is 2.49. The Morgan fingerprint density at radius 3 is 2.72 bits per heavy atom. The number of alkyl halides is 3. The maximum absolute atomic E-state index is 11.9. The highest BCUT2D eigenvalue weighted by atomic mass is 19.4. The normalized spacial score (nSPS) is 13.4. The van der Waals surface area contributed by atoms with Crippen molar-refractivity contribution in [3.63, 3.8) is 0 Å².